The summed E-state index contributed by atoms with van der Waals surface area (Å²) in [6.45, 7) is 3.30. The Labute approximate surface area is 199 Å². The van der Waals surface area contributed by atoms with E-state index < -0.39 is 11.2 Å². The summed E-state index contributed by atoms with van der Waals surface area (Å²) in [4.78, 5) is 30.8. The van der Waals surface area contributed by atoms with Crippen LogP contribution in [0, 0.1) is 0 Å². The maximum absolute atomic E-state index is 13.3. The van der Waals surface area contributed by atoms with Crippen LogP contribution in [-0.4, -0.2) is 54.8 Å². The van der Waals surface area contributed by atoms with Gasteiger partial charge in [-0.25, -0.2) is 4.79 Å². The maximum Gasteiger partial charge on any atom is 0.332 e. The van der Waals surface area contributed by atoms with Crippen molar-refractivity contribution in [3.8, 4) is 5.75 Å². The van der Waals surface area contributed by atoms with E-state index in [1.165, 1.54) is 4.57 Å². The Kier molecular flexibility index (Phi) is 7.98. The highest BCUT2D eigenvalue weighted by atomic mass is 79.9. The van der Waals surface area contributed by atoms with Gasteiger partial charge in [-0.1, -0.05) is 13.5 Å². The number of hydrogen-bond donors (Lipinski definition) is 3. The summed E-state index contributed by atoms with van der Waals surface area (Å²) in [6.07, 6.45) is 1.60. The molecular formula is C22H30BrN5O5. The number of hydrogen-bond acceptors (Lipinski definition) is 7. The van der Waals surface area contributed by atoms with Gasteiger partial charge in [0.1, 0.15) is 5.75 Å². The van der Waals surface area contributed by atoms with Crippen LogP contribution in [0.4, 0.5) is 5.95 Å². The van der Waals surface area contributed by atoms with Gasteiger partial charge in [0.25, 0.3) is 5.56 Å². The number of halogens is 1. The third kappa shape index (κ3) is 4.85. The van der Waals surface area contributed by atoms with Crippen LogP contribution in [0.15, 0.2) is 32.3 Å². The number of aromatic hydroxyl groups is 1. The lowest BCUT2D eigenvalue weighted by Crippen LogP contribution is -2.40. The number of fused-ring (bicyclic) bond motifs is 1. The molecule has 3 heterocycles. The first kappa shape index (κ1) is 25.0. The van der Waals surface area contributed by atoms with E-state index in [0.29, 0.717) is 35.7 Å². The summed E-state index contributed by atoms with van der Waals surface area (Å²) in [5.74, 6) is 0.600. The minimum Gasteiger partial charge on any atom is -0.507 e. The second-order valence-corrected chi connectivity index (χ2v) is 8.57. The Bertz CT molecular complexity index is 1240. The lowest BCUT2D eigenvalue weighted by Gasteiger charge is -2.24. The predicted molar refractivity (Wildman–Crippen MR) is 130 cm³/mol. The molecule has 4 rings (SSSR count). The Morgan fingerprint density at radius 3 is 2.58 bits per heavy atom. The first-order valence-electron chi connectivity index (χ1n) is 10.6. The molecule has 180 valence electrons. The van der Waals surface area contributed by atoms with Crippen LogP contribution in [0.1, 0.15) is 32.8 Å². The third-order valence-corrected chi connectivity index (χ3v) is 6.30. The van der Waals surface area contributed by atoms with E-state index in [9.17, 15) is 19.8 Å². The van der Waals surface area contributed by atoms with Gasteiger partial charge in [-0.05, 0) is 53.4 Å². The summed E-state index contributed by atoms with van der Waals surface area (Å²) in [6, 6.07) is 5.25. The van der Waals surface area contributed by atoms with E-state index in [0.717, 1.165) is 23.0 Å². The topological polar surface area (TPSA) is 124 Å². The average molecular weight is 524 g/mol. The van der Waals surface area contributed by atoms with Crippen LogP contribution in [-0.2, 0) is 24.4 Å². The third-order valence-electron chi connectivity index (χ3n) is 5.66. The Balaban J connectivity index is 0.00000306. The molecule has 0 amide bonds. The van der Waals surface area contributed by atoms with Crippen molar-refractivity contribution in [3.63, 3.8) is 0 Å². The van der Waals surface area contributed by atoms with Crippen molar-refractivity contribution in [3.05, 3.63) is 49.1 Å². The monoisotopic (exact) mass is 523 g/mol. The molecule has 11 heteroatoms. The molecule has 1 fully saturated rings. The number of aliphatic hydroxyl groups excluding tert-OH is 1. The van der Waals surface area contributed by atoms with Crippen LogP contribution < -0.4 is 16.6 Å². The van der Waals surface area contributed by atoms with Crippen LogP contribution >= 0.6 is 15.9 Å². The number of aromatic nitrogens is 4. The molecule has 0 unspecified atom stereocenters. The van der Waals surface area contributed by atoms with E-state index in [1.807, 2.05) is 0 Å². The van der Waals surface area contributed by atoms with Gasteiger partial charge < -0.3 is 20.3 Å². The molecule has 1 aliphatic rings. The standard InChI is InChI=1S/C21H26BrN5O5.CH4/c1-2-25-19(30)17-18(26(7-8-28)21(25)31)24-20(23-14-5-9-32-10-6-14)27(17)12-13-3-4-16(29)15(22)11-13;/h3-4,11,14,28-29H,2,5-10,12H2,1H3,(H,23,24);1H4. The summed E-state index contributed by atoms with van der Waals surface area (Å²) in [5.41, 5.74) is 0.455. The summed E-state index contributed by atoms with van der Waals surface area (Å²) < 4.78 is 10.3. The van der Waals surface area contributed by atoms with Crippen LogP contribution in [0.2, 0.25) is 0 Å². The van der Waals surface area contributed by atoms with Gasteiger partial charge >= 0.3 is 5.69 Å². The molecule has 3 N–H and O–H groups in total. The minimum absolute atomic E-state index is 0. The van der Waals surface area contributed by atoms with Gasteiger partial charge in [-0.15, -0.1) is 0 Å². The maximum atomic E-state index is 13.3. The molecule has 2 aromatic heterocycles. The van der Waals surface area contributed by atoms with E-state index >= 15 is 0 Å². The molecule has 33 heavy (non-hydrogen) atoms. The number of aliphatic hydroxyl groups is 1. The van der Waals surface area contributed by atoms with Gasteiger partial charge in [-0.2, -0.15) is 4.98 Å². The highest BCUT2D eigenvalue weighted by Crippen LogP contribution is 2.27. The lowest BCUT2D eigenvalue weighted by molar-refractivity contribution is 0.0902. The molecule has 0 saturated carbocycles. The second kappa shape index (κ2) is 10.5. The molecule has 10 nitrogen and oxygen atoms in total. The second-order valence-electron chi connectivity index (χ2n) is 7.72. The first-order chi connectivity index (χ1) is 15.4. The van der Waals surface area contributed by atoms with Crippen molar-refractivity contribution in [1.82, 2.24) is 18.7 Å². The normalized spacial score (nSPS) is 14.4. The highest BCUT2D eigenvalue weighted by molar-refractivity contribution is 9.10. The van der Waals surface area contributed by atoms with E-state index in [2.05, 4.69) is 26.2 Å². The minimum atomic E-state index is -0.492. The van der Waals surface area contributed by atoms with Crippen molar-refractivity contribution < 1.29 is 14.9 Å². The number of phenolic OH excluding ortho intramolecular Hbond substituents is 1. The van der Waals surface area contributed by atoms with Crippen LogP contribution in [0.25, 0.3) is 11.2 Å². The summed E-state index contributed by atoms with van der Waals surface area (Å²) in [5, 5.41) is 22.8. The first-order valence-corrected chi connectivity index (χ1v) is 11.4. The Hall–Kier alpha value is -2.63. The van der Waals surface area contributed by atoms with Gasteiger partial charge in [0, 0.05) is 25.8 Å². The molecule has 0 bridgehead atoms. The number of rotatable bonds is 7. The van der Waals surface area contributed by atoms with E-state index in [4.69, 9.17) is 4.74 Å². The molecule has 1 aliphatic heterocycles. The van der Waals surface area contributed by atoms with Gasteiger partial charge in [0.2, 0.25) is 5.95 Å². The van der Waals surface area contributed by atoms with Gasteiger partial charge in [-0.3, -0.25) is 18.5 Å². The molecule has 3 aromatic rings. The lowest BCUT2D eigenvalue weighted by atomic mass is 10.1. The predicted octanol–water partition coefficient (Wildman–Crippen LogP) is 2.12. The number of nitrogens with zero attached hydrogens (tertiary/aromatic N) is 4. The Morgan fingerprint density at radius 1 is 1.21 bits per heavy atom. The fourth-order valence-electron chi connectivity index (χ4n) is 3.99. The molecule has 1 aromatic carbocycles. The van der Waals surface area contributed by atoms with Gasteiger partial charge in [0.05, 0.1) is 24.2 Å². The summed E-state index contributed by atoms with van der Waals surface area (Å²) >= 11 is 3.33. The molecule has 1 saturated heterocycles. The fourth-order valence-corrected chi connectivity index (χ4v) is 4.42. The van der Waals surface area contributed by atoms with Gasteiger partial charge in [0.15, 0.2) is 11.2 Å². The van der Waals surface area contributed by atoms with E-state index in [1.54, 1.807) is 29.7 Å². The quantitative estimate of drug-likeness (QED) is 0.433. The largest absolute Gasteiger partial charge is 0.507 e. The number of imidazole rings is 1. The average Bonchev–Trinajstić information content (AvgIpc) is 3.12. The number of nitrogens with one attached hydrogen (secondary N) is 1. The van der Waals surface area contributed by atoms with Crippen molar-refractivity contribution in [1.29, 1.82) is 0 Å². The number of ether oxygens (including phenoxy) is 1. The van der Waals surface area contributed by atoms with Crippen molar-refractivity contribution in [2.75, 3.05) is 25.1 Å². The van der Waals surface area contributed by atoms with Crippen LogP contribution in [0.5, 0.6) is 5.75 Å². The Morgan fingerprint density at radius 2 is 1.94 bits per heavy atom. The molecule has 0 spiro atoms. The SMILES string of the molecule is C.CCn1c(=O)c2c(nc(NC3CCOCC3)n2Cc2ccc(O)c(Br)c2)n(CCO)c1=O. The number of phenols is 1. The number of benzene rings is 1. The molecule has 0 aliphatic carbocycles. The zero-order valence-electron chi connectivity index (χ0n) is 17.8. The molecular weight excluding hydrogens is 494 g/mol. The van der Waals surface area contributed by atoms with Crippen LogP contribution in [0.3, 0.4) is 0 Å². The zero-order chi connectivity index (χ0) is 22.8. The fraction of sp³-hybridized carbons (Fsp3) is 0.500. The van der Waals surface area contributed by atoms with E-state index in [-0.39, 0.29) is 44.6 Å². The van der Waals surface area contributed by atoms with Crippen molar-refractivity contribution in [2.45, 2.75) is 52.9 Å². The molecule has 0 radical (unpaired) electrons. The molecule has 0 atom stereocenters. The number of anilines is 1. The smallest absolute Gasteiger partial charge is 0.332 e. The zero-order valence-corrected chi connectivity index (χ0v) is 19.3. The summed E-state index contributed by atoms with van der Waals surface area (Å²) in [7, 11) is 0. The highest BCUT2D eigenvalue weighted by Gasteiger charge is 2.23. The van der Waals surface area contributed by atoms with Crippen molar-refractivity contribution >= 4 is 33.0 Å². The van der Waals surface area contributed by atoms with Crippen molar-refractivity contribution in [2.24, 2.45) is 0 Å².